The van der Waals surface area contributed by atoms with E-state index in [0.29, 0.717) is 5.56 Å². The molecule has 0 aliphatic heterocycles. The van der Waals surface area contributed by atoms with Crippen LogP contribution < -0.4 is 0 Å². The van der Waals surface area contributed by atoms with E-state index >= 15 is 0 Å². The van der Waals surface area contributed by atoms with E-state index in [4.69, 9.17) is 20.4 Å². The molecular weight excluding hydrogens is 284 g/mol. The number of phenols is 1. The van der Waals surface area contributed by atoms with Crippen molar-refractivity contribution in [3.8, 4) is 5.75 Å². The third-order valence-electron chi connectivity index (χ3n) is 2.33. The molecule has 0 aliphatic carbocycles. The van der Waals surface area contributed by atoms with Crippen molar-refractivity contribution in [1.82, 2.24) is 0 Å². The Morgan fingerprint density at radius 3 is 2.10 bits per heavy atom. The lowest BCUT2D eigenvalue weighted by atomic mass is 10.2. The first-order valence-corrected chi connectivity index (χ1v) is 5.62. The molecule has 1 rings (SSSR count). The molecule has 0 saturated carbocycles. The molecule has 2 atom stereocenters. The molecule has 0 radical (unpaired) electrons. The molecule has 0 aliphatic rings. The summed E-state index contributed by atoms with van der Waals surface area (Å²) in [5.74, 6) is -4.70. The van der Waals surface area contributed by atoms with Gasteiger partial charge >= 0.3 is 17.9 Å². The maximum absolute atomic E-state index is 11.4. The molecule has 8 nitrogen and oxygen atoms in total. The van der Waals surface area contributed by atoms with Gasteiger partial charge in [-0.2, -0.15) is 0 Å². The number of hydrogen-bond donors (Lipinski definition) is 4. The van der Waals surface area contributed by atoms with Gasteiger partial charge in [0.1, 0.15) is 5.75 Å². The molecule has 4 N–H and O–H groups in total. The van der Waals surface area contributed by atoms with Crippen molar-refractivity contribution in [2.24, 2.45) is 0 Å². The van der Waals surface area contributed by atoms with Crippen molar-refractivity contribution < 1.29 is 39.5 Å². The SMILES string of the molecule is O=C(C=Cc1ccc(O)cc1)O[C@@H](C(=O)O)[C@H](O)C(=O)O. The van der Waals surface area contributed by atoms with Crippen molar-refractivity contribution in [3.63, 3.8) is 0 Å². The molecule has 0 fully saturated rings. The first kappa shape index (κ1) is 16.2. The number of carbonyl (C=O) groups is 3. The van der Waals surface area contributed by atoms with Crippen molar-refractivity contribution in [1.29, 1.82) is 0 Å². The van der Waals surface area contributed by atoms with Crippen molar-refractivity contribution in [2.75, 3.05) is 0 Å². The topological polar surface area (TPSA) is 141 Å². The van der Waals surface area contributed by atoms with E-state index in [-0.39, 0.29) is 5.75 Å². The highest BCUT2D eigenvalue weighted by atomic mass is 16.6. The lowest BCUT2D eigenvalue weighted by Crippen LogP contribution is -2.42. The number of hydrogen-bond acceptors (Lipinski definition) is 6. The second-order valence-corrected chi connectivity index (χ2v) is 3.90. The molecule has 112 valence electrons. The quantitative estimate of drug-likeness (QED) is 0.419. The number of rotatable bonds is 6. The van der Waals surface area contributed by atoms with Crippen molar-refractivity contribution in [3.05, 3.63) is 35.9 Å². The van der Waals surface area contributed by atoms with E-state index in [2.05, 4.69) is 4.74 Å². The number of carboxylic acids is 2. The lowest BCUT2D eigenvalue weighted by molar-refractivity contribution is -0.176. The van der Waals surface area contributed by atoms with E-state index in [1.54, 1.807) is 0 Å². The number of benzene rings is 1. The number of aliphatic carboxylic acids is 2. The van der Waals surface area contributed by atoms with Gasteiger partial charge in [-0.15, -0.1) is 0 Å². The van der Waals surface area contributed by atoms with Crippen LogP contribution >= 0.6 is 0 Å². The fourth-order valence-electron chi connectivity index (χ4n) is 1.29. The number of carbonyl (C=O) groups excluding carboxylic acids is 1. The summed E-state index contributed by atoms with van der Waals surface area (Å²) >= 11 is 0. The van der Waals surface area contributed by atoms with Crippen LogP contribution in [0, 0.1) is 0 Å². The van der Waals surface area contributed by atoms with Crippen LogP contribution in [0.25, 0.3) is 6.08 Å². The standard InChI is InChI=1S/C13H12O8/c14-8-4-1-7(2-5-8)3-6-9(15)21-11(13(19)20)10(16)12(17)18/h1-6,10-11,14,16H,(H,17,18)(H,19,20)/t10-,11+/m0/s1. The van der Waals surface area contributed by atoms with Gasteiger partial charge in [-0.3, -0.25) is 0 Å². The summed E-state index contributed by atoms with van der Waals surface area (Å²) in [5.41, 5.74) is 0.524. The fraction of sp³-hybridized carbons (Fsp3) is 0.154. The maximum atomic E-state index is 11.4. The van der Waals surface area contributed by atoms with E-state index < -0.39 is 30.1 Å². The van der Waals surface area contributed by atoms with E-state index in [1.165, 1.54) is 30.3 Å². The van der Waals surface area contributed by atoms with Gasteiger partial charge in [-0.1, -0.05) is 12.1 Å². The van der Waals surface area contributed by atoms with Gasteiger partial charge in [0.15, 0.2) is 6.10 Å². The van der Waals surface area contributed by atoms with Gasteiger partial charge < -0.3 is 25.2 Å². The Kier molecular flexibility index (Phi) is 5.44. The summed E-state index contributed by atoms with van der Waals surface area (Å²) in [6.07, 6.45) is -2.43. The maximum Gasteiger partial charge on any atom is 0.348 e. The Balaban J connectivity index is 2.72. The highest BCUT2D eigenvalue weighted by Crippen LogP contribution is 2.11. The highest BCUT2D eigenvalue weighted by Gasteiger charge is 2.35. The van der Waals surface area contributed by atoms with E-state index in [1.807, 2.05) is 0 Å². The Morgan fingerprint density at radius 1 is 1.05 bits per heavy atom. The summed E-state index contributed by atoms with van der Waals surface area (Å²) in [4.78, 5) is 32.6. The Bertz CT molecular complexity index is 560. The molecule has 1 aromatic rings. The number of aliphatic hydroxyl groups is 1. The highest BCUT2D eigenvalue weighted by molar-refractivity contribution is 5.91. The summed E-state index contributed by atoms with van der Waals surface area (Å²) < 4.78 is 4.37. The van der Waals surface area contributed by atoms with Gasteiger partial charge in [0.05, 0.1) is 0 Å². The molecular formula is C13H12O8. The lowest BCUT2D eigenvalue weighted by Gasteiger charge is -2.15. The molecule has 0 aromatic heterocycles. The average Bonchev–Trinajstić information content (AvgIpc) is 2.43. The van der Waals surface area contributed by atoms with Crippen LogP contribution in [-0.4, -0.2) is 50.5 Å². The molecule has 0 saturated heterocycles. The van der Waals surface area contributed by atoms with Gasteiger partial charge in [0, 0.05) is 6.08 Å². The van der Waals surface area contributed by atoms with Crippen molar-refractivity contribution in [2.45, 2.75) is 12.2 Å². The number of esters is 1. The Morgan fingerprint density at radius 2 is 1.62 bits per heavy atom. The zero-order valence-corrected chi connectivity index (χ0v) is 10.5. The van der Waals surface area contributed by atoms with Gasteiger partial charge in [0.25, 0.3) is 0 Å². The Labute approximate surface area is 118 Å². The van der Waals surface area contributed by atoms with Gasteiger partial charge in [-0.25, -0.2) is 14.4 Å². The smallest absolute Gasteiger partial charge is 0.348 e. The molecule has 0 heterocycles. The summed E-state index contributed by atoms with van der Waals surface area (Å²) in [6, 6.07) is 5.72. The zero-order chi connectivity index (χ0) is 16.0. The molecule has 0 amide bonds. The van der Waals surface area contributed by atoms with Crippen LogP contribution in [0.3, 0.4) is 0 Å². The van der Waals surface area contributed by atoms with Crippen LogP contribution in [0.1, 0.15) is 5.56 Å². The fourth-order valence-corrected chi connectivity index (χ4v) is 1.29. The predicted molar refractivity (Wildman–Crippen MR) is 68.3 cm³/mol. The molecule has 0 spiro atoms. The molecule has 0 unspecified atom stereocenters. The van der Waals surface area contributed by atoms with Crippen LogP contribution in [0.5, 0.6) is 5.75 Å². The second-order valence-electron chi connectivity index (χ2n) is 3.90. The van der Waals surface area contributed by atoms with Gasteiger partial charge in [0.2, 0.25) is 6.10 Å². The second kappa shape index (κ2) is 7.06. The minimum Gasteiger partial charge on any atom is -0.508 e. The Hall–Kier alpha value is -2.87. The monoisotopic (exact) mass is 296 g/mol. The normalized spacial score (nSPS) is 13.6. The van der Waals surface area contributed by atoms with Crippen LogP contribution in [0.4, 0.5) is 0 Å². The number of aliphatic hydroxyl groups excluding tert-OH is 1. The average molecular weight is 296 g/mol. The minimum absolute atomic E-state index is 0.0326. The summed E-state index contributed by atoms with van der Waals surface area (Å²) in [6.45, 7) is 0. The number of carboxylic acid groups (broad SMARTS) is 2. The van der Waals surface area contributed by atoms with Gasteiger partial charge in [-0.05, 0) is 23.8 Å². The van der Waals surface area contributed by atoms with Crippen LogP contribution in [0.15, 0.2) is 30.3 Å². The number of ether oxygens (including phenoxy) is 1. The third-order valence-corrected chi connectivity index (χ3v) is 2.33. The molecule has 21 heavy (non-hydrogen) atoms. The predicted octanol–water partition coefficient (Wildman–Crippen LogP) is -0.153. The molecule has 8 heteroatoms. The number of aromatic hydroxyl groups is 1. The zero-order valence-electron chi connectivity index (χ0n) is 10.5. The van der Waals surface area contributed by atoms with E-state index in [0.717, 1.165) is 6.08 Å². The summed E-state index contributed by atoms with van der Waals surface area (Å²) in [5, 5.41) is 35.4. The van der Waals surface area contributed by atoms with Crippen LogP contribution in [0.2, 0.25) is 0 Å². The number of phenolic OH excluding ortho intramolecular Hbond substituents is 1. The molecule has 1 aromatic carbocycles. The minimum atomic E-state index is -2.37. The van der Waals surface area contributed by atoms with Crippen LogP contribution in [-0.2, 0) is 19.1 Å². The largest absolute Gasteiger partial charge is 0.508 e. The first-order valence-electron chi connectivity index (χ1n) is 5.62. The van der Waals surface area contributed by atoms with Crippen molar-refractivity contribution >= 4 is 24.0 Å². The molecule has 0 bridgehead atoms. The first-order chi connectivity index (χ1) is 9.81. The third kappa shape index (κ3) is 4.96. The van der Waals surface area contributed by atoms with E-state index in [9.17, 15) is 14.4 Å². The summed E-state index contributed by atoms with van der Waals surface area (Å²) in [7, 11) is 0.